The maximum atomic E-state index is 14.8. The van der Waals surface area contributed by atoms with Crippen LogP contribution in [0.1, 0.15) is 46.0 Å². The van der Waals surface area contributed by atoms with Gasteiger partial charge in [-0.1, -0.05) is 12.2 Å². The molecule has 3 amide bonds. The highest BCUT2D eigenvalue weighted by Gasteiger charge is 2.77. The summed E-state index contributed by atoms with van der Waals surface area (Å²) in [6.45, 7) is 17.9. The zero-order valence-electron chi connectivity index (χ0n) is 28.1. The van der Waals surface area contributed by atoms with Gasteiger partial charge in [-0.25, -0.2) is 0 Å². The summed E-state index contributed by atoms with van der Waals surface area (Å²) in [6.07, 6.45) is 7.00. The molecule has 2 bridgehead atoms. The van der Waals surface area contributed by atoms with Gasteiger partial charge in [0, 0.05) is 62.9 Å². The van der Waals surface area contributed by atoms with Crippen molar-refractivity contribution in [1.82, 2.24) is 14.7 Å². The standard InChI is InChI=1S/C36H52N4O6S/c1-5-17-38(21-20-37-22-25-45-26-23-37)34(44)31-36-16-15-35(4,47-36)29(30(36)33(43)40(31)19-9-8-10-24-41)32(42)39(18-6-2)27-11-13-28(14-12-27)46-7-3/h5-6,11-14,29-31,41H,1-2,7-10,15-26H2,3-4H3/t29-,30+,31?,35+,36?/m1/s1. The lowest BCUT2D eigenvalue weighted by molar-refractivity contribution is -0.143. The molecule has 4 heterocycles. The third-order valence-electron chi connectivity index (χ3n) is 10.3. The molecule has 10 nitrogen and oxygen atoms in total. The third kappa shape index (κ3) is 7.00. The van der Waals surface area contributed by atoms with Gasteiger partial charge in [0.25, 0.3) is 0 Å². The van der Waals surface area contributed by atoms with Crippen molar-refractivity contribution in [3.8, 4) is 5.75 Å². The van der Waals surface area contributed by atoms with Gasteiger partial charge in [-0.05, 0) is 70.2 Å². The van der Waals surface area contributed by atoms with E-state index in [4.69, 9.17) is 9.47 Å². The van der Waals surface area contributed by atoms with E-state index < -0.39 is 27.4 Å². The fourth-order valence-corrected chi connectivity index (χ4v) is 10.5. The SMILES string of the molecule is C=CCN(CCN1CCOCC1)C(=O)C1N(CCCCCO)C(=O)[C@@H]2[C@H](C(=O)N(CC=C)c3ccc(OCC)cc3)[C@]3(C)CCC12S3. The van der Waals surface area contributed by atoms with Crippen LogP contribution in [0.3, 0.4) is 0 Å². The number of amides is 3. The lowest BCUT2D eigenvalue weighted by Gasteiger charge is -2.38. The Morgan fingerprint density at radius 3 is 2.45 bits per heavy atom. The molecule has 1 N–H and O–H groups in total. The van der Waals surface area contributed by atoms with E-state index in [1.165, 1.54) is 0 Å². The molecule has 0 saturated carbocycles. The van der Waals surface area contributed by atoms with Crippen LogP contribution in [-0.4, -0.2) is 125 Å². The van der Waals surface area contributed by atoms with E-state index in [1.54, 1.807) is 33.7 Å². The summed E-state index contributed by atoms with van der Waals surface area (Å²) < 4.78 is 9.96. The maximum Gasteiger partial charge on any atom is 0.247 e. The van der Waals surface area contributed by atoms with E-state index in [0.29, 0.717) is 65.3 Å². The average molecular weight is 669 g/mol. The van der Waals surface area contributed by atoms with Crippen LogP contribution < -0.4 is 9.64 Å². The van der Waals surface area contributed by atoms with Crippen LogP contribution in [0.25, 0.3) is 0 Å². The quantitative estimate of drug-likeness (QED) is 0.199. The zero-order valence-corrected chi connectivity index (χ0v) is 28.9. The summed E-state index contributed by atoms with van der Waals surface area (Å²) in [5.74, 6) is -0.725. The number of rotatable bonds is 17. The molecule has 1 aromatic rings. The van der Waals surface area contributed by atoms with Crippen molar-refractivity contribution in [1.29, 1.82) is 0 Å². The van der Waals surface area contributed by atoms with Gasteiger partial charge in [0.05, 0.1) is 36.4 Å². The Labute approximate surface area is 284 Å². The van der Waals surface area contributed by atoms with Crippen molar-refractivity contribution in [2.75, 3.05) is 77.1 Å². The summed E-state index contributed by atoms with van der Waals surface area (Å²) in [4.78, 5) is 51.9. The minimum atomic E-state index is -0.697. The maximum absolute atomic E-state index is 14.8. The summed E-state index contributed by atoms with van der Waals surface area (Å²) in [5, 5.41) is 9.40. The number of aliphatic hydroxyl groups is 1. The van der Waals surface area contributed by atoms with Crippen LogP contribution in [0.4, 0.5) is 5.69 Å². The molecule has 0 aliphatic carbocycles. The highest BCUT2D eigenvalue weighted by atomic mass is 32.2. The Morgan fingerprint density at radius 2 is 1.79 bits per heavy atom. The van der Waals surface area contributed by atoms with Gasteiger partial charge in [0.2, 0.25) is 17.7 Å². The normalized spacial score (nSPS) is 28.3. The smallest absolute Gasteiger partial charge is 0.247 e. The molecule has 4 aliphatic rings. The van der Waals surface area contributed by atoms with Crippen LogP contribution in [0.2, 0.25) is 0 Å². The molecule has 11 heteroatoms. The molecule has 5 rings (SSSR count). The van der Waals surface area contributed by atoms with Crippen molar-refractivity contribution < 1.29 is 29.0 Å². The molecule has 4 aliphatic heterocycles. The van der Waals surface area contributed by atoms with Gasteiger partial charge in [0.1, 0.15) is 11.8 Å². The second-order valence-corrected chi connectivity index (χ2v) is 15.1. The van der Waals surface area contributed by atoms with Gasteiger partial charge in [-0.2, -0.15) is 0 Å². The largest absolute Gasteiger partial charge is 0.494 e. The number of likely N-dealkylation sites (tertiary alicyclic amines) is 1. The molecular weight excluding hydrogens is 616 g/mol. The predicted octanol–water partition coefficient (Wildman–Crippen LogP) is 3.60. The number of ether oxygens (including phenoxy) is 2. The minimum absolute atomic E-state index is 0.0597. The lowest BCUT2D eigenvalue weighted by atomic mass is 9.66. The molecule has 4 fully saturated rings. The highest BCUT2D eigenvalue weighted by Crippen LogP contribution is 2.71. The Kier molecular flexibility index (Phi) is 11.7. The number of nitrogens with zero attached hydrogens (tertiary/aromatic N) is 4. The first-order valence-electron chi connectivity index (χ1n) is 17.2. The number of anilines is 1. The van der Waals surface area contributed by atoms with E-state index in [2.05, 4.69) is 25.0 Å². The van der Waals surface area contributed by atoms with Crippen molar-refractivity contribution >= 4 is 35.2 Å². The Hall–Kier alpha value is -2.86. The Balaban J connectivity index is 1.47. The molecule has 47 heavy (non-hydrogen) atoms. The topological polar surface area (TPSA) is 103 Å². The van der Waals surface area contributed by atoms with Gasteiger partial charge >= 0.3 is 0 Å². The lowest BCUT2D eigenvalue weighted by Crippen LogP contribution is -2.56. The number of carbonyl (C=O) groups is 3. The number of thioether (sulfide) groups is 1. The van der Waals surface area contributed by atoms with Crippen LogP contribution in [0, 0.1) is 11.8 Å². The third-order valence-corrected chi connectivity index (χ3v) is 12.3. The Morgan fingerprint density at radius 1 is 1.06 bits per heavy atom. The van der Waals surface area contributed by atoms with Crippen LogP contribution in [-0.2, 0) is 19.1 Å². The number of hydrogen-bond donors (Lipinski definition) is 1. The van der Waals surface area contributed by atoms with Gasteiger partial charge in [-0.3, -0.25) is 19.3 Å². The molecule has 0 aromatic heterocycles. The minimum Gasteiger partial charge on any atom is -0.494 e. The number of fused-ring (bicyclic) bond motifs is 1. The van der Waals surface area contributed by atoms with E-state index in [-0.39, 0.29) is 24.3 Å². The average Bonchev–Trinajstić information content (AvgIpc) is 3.64. The molecule has 4 saturated heterocycles. The molecule has 1 aromatic carbocycles. The van der Waals surface area contributed by atoms with Crippen LogP contribution in [0.5, 0.6) is 5.75 Å². The number of aliphatic hydroxyl groups excluding tert-OH is 1. The van der Waals surface area contributed by atoms with Gasteiger partial charge < -0.3 is 29.3 Å². The number of hydrogen-bond acceptors (Lipinski definition) is 8. The van der Waals surface area contributed by atoms with Gasteiger partial charge in [0.15, 0.2) is 0 Å². The molecule has 5 atom stereocenters. The first-order chi connectivity index (χ1) is 22.7. The number of carbonyl (C=O) groups excluding carboxylic acids is 3. The van der Waals surface area contributed by atoms with Crippen molar-refractivity contribution in [3.63, 3.8) is 0 Å². The second-order valence-electron chi connectivity index (χ2n) is 13.2. The molecule has 258 valence electrons. The fourth-order valence-electron chi connectivity index (χ4n) is 8.11. The predicted molar refractivity (Wildman–Crippen MR) is 186 cm³/mol. The van der Waals surface area contributed by atoms with Crippen molar-refractivity contribution in [2.24, 2.45) is 11.8 Å². The Bertz CT molecular complexity index is 1290. The summed E-state index contributed by atoms with van der Waals surface area (Å²) >= 11 is 1.70. The van der Waals surface area contributed by atoms with E-state index in [0.717, 1.165) is 43.9 Å². The van der Waals surface area contributed by atoms with E-state index >= 15 is 0 Å². The summed E-state index contributed by atoms with van der Waals surface area (Å²) in [6, 6.07) is 6.80. The molecule has 1 spiro atoms. The number of benzene rings is 1. The first-order valence-corrected chi connectivity index (χ1v) is 18.0. The van der Waals surface area contributed by atoms with Crippen molar-refractivity contribution in [2.45, 2.75) is 61.5 Å². The van der Waals surface area contributed by atoms with Crippen LogP contribution in [0.15, 0.2) is 49.6 Å². The monoisotopic (exact) mass is 668 g/mol. The molecular formula is C36H52N4O6S. The van der Waals surface area contributed by atoms with E-state index in [1.807, 2.05) is 36.1 Å². The molecule has 2 unspecified atom stereocenters. The highest BCUT2D eigenvalue weighted by molar-refractivity contribution is 8.02. The van der Waals surface area contributed by atoms with Gasteiger partial charge in [-0.15, -0.1) is 24.9 Å². The number of morpholine rings is 1. The summed E-state index contributed by atoms with van der Waals surface area (Å²) in [7, 11) is 0. The van der Waals surface area contributed by atoms with Crippen molar-refractivity contribution in [3.05, 3.63) is 49.6 Å². The first kappa shape index (κ1) is 35.4. The summed E-state index contributed by atoms with van der Waals surface area (Å²) in [5.41, 5.74) is 0.725. The van der Waals surface area contributed by atoms with Crippen LogP contribution >= 0.6 is 11.8 Å². The zero-order chi connectivity index (χ0) is 33.6. The fraction of sp³-hybridized carbons (Fsp3) is 0.639. The van der Waals surface area contributed by atoms with E-state index in [9.17, 15) is 19.5 Å². The number of unbranched alkanes of at least 4 members (excludes halogenated alkanes) is 2. The molecule has 0 radical (unpaired) electrons. The second kappa shape index (κ2) is 15.6.